The maximum Gasteiger partial charge on any atom is 0.324 e. The number of hydrogen-bond acceptors (Lipinski definition) is 4. The second-order valence-electron chi connectivity index (χ2n) is 8.62. The van der Waals surface area contributed by atoms with Crippen LogP contribution in [0.15, 0.2) is 60.7 Å². The van der Waals surface area contributed by atoms with Crippen molar-refractivity contribution < 1.29 is 19.5 Å². The molecule has 4 unspecified atom stereocenters. The molecule has 166 valence electrons. The summed E-state index contributed by atoms with van der Waals surface area (Å²) >= 11 is 0. The first-order valence-corrected chi connectivity index (χ1v) is 11.1. The lowest BCUT2D eigenvalue weighted by Crippen LogP contribution is -2.56. The van der Waals surface area contributed by atoms with E-state index in [1.807, 2.05) is 68.5 Å². The summed E-state index contributed by atoms with van der Waals surface area (Å²) in [6, 6.07) is 16.3. The van der Waals surface area contributed by atoms with Gasteiger partial charge in [-0.25, -0.2) is 4.90 Å². The molecular weight excluding hydrogens is 404 g/mol. The Morgan fingerprint density at radius 2 is 1.78 bits per heavy atom. The van der Waals surface area contributed by atoms with Crippen molar-refractivity contribution >= 4 is 29.5 Å². The van der Waals surface area contributed by atoms with Crippen LogP contribution in [0.5, 0.6) is 0 Å². The maximum absolute atomic E-state index is 13.6. The van der Waals surface area contributed by atoms with Gasteiger partial charge in [0.05, 0.1) is 17.5 Å². The van der Waals surface area contributed by atoms with Gasteiger partial charge in [-0.15, -0.1) is 0 Å². The van der Waals surface area contributed by atoms with Gasteiger partial charge in [0, 0.05) is 6.04 Å². The van der Waals surface area contributed by atoms with Crippen molar-refractivity contribution in [2.24, 2.45) is 11.8 Å². The van der Waals surface area contributed by atoms with Crippen LogP contribution in [0.2, 0.25) is 0 Å². The topological polar surface area (TPSA) is 86.7 Å². The minimum absolute atomic E-state index is 0.288. The van der Waals surface area contributed by atoms with Crippen LogP contribution >= 0.6 is 0 Å². The third-order valence-electron chi connectivity index (χ3n) is 6.65. The van der Waals surface area contributed by atoms with E-state index >= 15 is 0 Å². The molecule has 2 heterocycles. The molecule has 2 saturated heterocycles. The first kappa shape index (κ1) is 22.0. The second-order valence-corrected chi connectivity index (χ2v) is 8.62. The number of carbonyl (C=O) groups excluding carboxylic acids is 2. The van der Waals surface area contributed by atoms with Crippen molar-refractivity contribution in [3.05, 3.63) is 71.8 Å². The Morgan fingerprint density at radius 3 is 2.44 bits per heavy atom. The van der Waals surface area contributed by atoms with Gasteiger partial charge in [0.15, 0.2) is 0 Å². The predicted molar refractivity (Wildman–Crippen MR) is 123 cm³/mol. The van der Waals surface area contributed by atoms with Crippen LogP contribution in [-0.2, 0) is 14.4 Å². The van der Waals surface area contributed by atoms with Gasteiger partial charge >= 0.3 is 5.97 Å². The number of unbranched alkanes of at least 4 members (excludes halogenated alkanes) is 1. The van der Waals surface area contributed by atoms with E-state index in [0.29, 0.717) is 12.1 Å². The number of carboxylic acids is 1. The Morgan fingerprint density at radius 1 is 1.09 bits per heavy atom. The fourth-order valence-electron chi connectivity index (χ4n) is 5.03. The van der Waals surface area contributed by atoms with E-state index in [2.05, 4.69) is 5.32 Å². The molecule has 2 N–H and O–H groups in total. The number of rotatable bonds is 7. The van der Waals surface area contributed by atoms with Crippen LogP contribution < -0.4 is 10.2 Å². The first-order chi connectivity index (χ1) is 15.4. The molecule has 32 heavy (non-hydrogen) atoms. The standard InChI is InChI=1S/C26H28N2O4/c1-3-4-16-26(25(31)32)22-21(19(27-26)15-14-18-11-6-5-7-12-18)23(29)28(24(22)30)20-13-9-8-10-17(20)2/h5-15,19,21-22,27H,3-4,16H2,1-2H3,(H,31,32). The van der Waals surface area contributed by atoms with Gasteiger partial charge in [-0.3, -0.25) is 19.7 Å². The monoisotopic (exact) mass is 432 g/mol. The quantitative estimate of drug-likeness (QED) is 0.650. The van der Waals surface area contributed by atoms with E-state index in [9.17, 15) is 19.5 Å². The average molecular weight is 433 g/mol. The fourth-order valence-corrected chi connectivity index (χ4v) is 5.03. The van der Waals surface area contributed by atoms with Crippen molar-refractivity contribution in [1.82, 2.24) is 5.32 Å². The number of amides is 2. The Labute approximate surface area is 187 Å². The Hall–Kier alpha value is -3.25. The number of aryl methyl sites for hydroxylation is 1. The summed E-state index contributed by atoms with van der Waals surface area (Å²) in [6.07, 6.45) is 5.43. The summed E-state index contributed by atoms with van der Waals surface area (Å²) in [6.45, 7) is 3.83. The summed E-state index contributed by atoms with van der Waals surface area (Å²) in [5, 5.41) is 13.5. The zero-order chi connectivity index (χ0) is 22.9. The number of nitrogens with one attached hydrogen (secondary N) is 1. The average Bonchev–Trinajstić information content (AvgIpc) is 3.26. The zero-order valence-electron chi connectivity index (χ0n) is 18.3. The summed E-state index contributed by atoms with van der Waals surface area (Å²) in [4.78, 5) is 41.0. The van der Waals surface area contributed by atoms with Gasteiger partial charge in [-0.2, -0.15) is 0 Å². The maximum atomic E-state index is 13.6. The number of imide groups is 1. The van der Waals surface area contributed by atoms with Gasteiger partial charge in [-0.05, 0) is 30.5 Å². The van der Waals surface area contributed by atoms with E-state index < -0.39 is 35.3 Å². The lowest BCUT2D eigenvalue weighted by Gasteiger charge is -2.31. The number of aliphatic carboxylic acids is 1. The molecule has 0 aliphatic carbocycles. The van der Waals surface area contributed by atoms with Crippen LogP contribution in [0.1, 0.15) is 37.3 Å². The largest absolute Gasteiger partial charge is 0.480 e. The van der Waals surface area contributed by atoms with Crippen LogP contribution in [0.4, 0.5) is 5.69 Å². The third kappa shape index (κ3) is 3.54. The zero-order valence-corrected chi connectivity index (χ0v) is 18.3. The highest BCUT2D eigenvalue weighted by Gasteiger charge is 2.67. The normalized spacial score (nSPS) is 27.3. The number of nitrogens with zero attached hydrogens (tertiary/aromatic N) is 1. The molecule has 4 rings (SSSR count). The van der Waals surface area contributed by atoms with Crippen LogP contribution in [0, 0.1) is 18.8 Å². The highest BCUT2D eigenvalue weighted by molar-refractivity contribution is 6.24. The third-order valence-corrected chi connectivity index (χ3v) is 6.65. The summed E-state index contributed by atoms with van der Waals surface area (Å²) in [5.41, 5.74) is 0.793. The highest BCUT2D eigenvalue weighted by atomic mass is 16.4. The molecule has 2 fully saturated rings. The van der Waals surface area contributed by atoms with E-state index in [0.717, 1.165) is 17.5 Å². The molecule has 0 aromatic heterocycles. The summed E-state index contributed by atoms with van der Waals surface area (Å²) < 4.78 is 0. The second kappa shape index (κ2) is 8.71. The lowest BCUT2D eigenvalue weighted by atomic mass is 9.77. The minimum Gasteiger partial charge on any atom is -0.480 e. The molecule has 6 heteroatoms. The van der Waals surface area contributed by atoms with Crippen LogP contribution in [-0.4, -0.2) is 34.5 Å². The molecule has 2 aliphatic rings. The van der Waals surface area contributed by atoms with E-state index in [-0.39, 0.29) is 12.3 Å². The van der Waals surface area contributed by atoms with Crippen LogP contribution in [0.3, 0.4) is 0 Å². The molecule has 0 radical (unpaired) electrons. The number of para-hydroxylation sites is 1. The molecular formula is C26H28N2O4. The predicted octanol–water partition coefficient (Wildman–Crippen LogP) is 3.80. The van der Waals surface area contributed by atoms with Gasteiger partial charge in [0.2, 0.25) is 11.8 Å². The number of hydrogen-bond donors (Lipinski definition) is 2. The number of carboxylic acid groups (broad SMARTS) is 1. The molecule has 4 atom stereocenters. The van der Waals surface area contributed by atoms with Gasteiger partial charge < -0.3 is 5.11 Å². The van der Waals surface area contributed by atoms with E-state index in [1.54, 1.807) is 12.1 Å². The van der Waals surface area contributed by atoms with Crippen molar-refractivity contribution in [2.45, 2.75) is 44.7 Å². The summed E-state index contributed by atoms with van der Waals surface area (Å²) in [5.74, 6) is -3.58. The van der Waals surface area contributed by atoms with Gasteiger partial charge in [0.1, 0.15) is 5.54 Å². The Kier molecular flexibility index (Phi) is 5.98. The number of benzene rings is 2. The van der Waals surface area contributed by atoms with Gasteiger partial charge in [0.25, 0.3) is 0 Å². The van der Waals surface area contributed by atoms with Crippen molar-refractivity contribution in [1.29, 1.82) is 0 Å². The number of fused-ring (bicyclic) bond motifs is 1. The molecule has 2 aromatic carbocycles. The number of carbonyl (C=O) groups is 3. The van der Waals surface area contributed by atoms with Crippen molar-refractivity contribution in [3.63, 3.8) is 0 Å². The van der Waals surface area contributed by atoms with Crippen molar-refractivity contribution in [2.75, 3.05) is 4.90 Å². The van der Waals surface area contributed by atoms with E-state index in [4.69, 9.17) is 0 Å². The molecule has 2 amide bonds. The van der Waals surface area contributed by atoms with Crippen molar-refractivity contribution in [3.8, 4) is 0 Å². The molecule has 2 aromatic rings. The SMILES string of the molecule is CCCCC1(C(=O)O)NC(C=Cc2ccccc2)C2C(=O)N(c3ccccc3C)C(=O)C21. The highest BCUT2D eigenvalue weighted by Crippen LogP contribution is 2.47. The summed E-state index contributed by atoms with van der Waals surface area (Å²) in [7, 11) is 0. The van der Waals surface area contributed by atoms with E-state index in [1.165, 1.54) is 4.90 Å². The fraction of sp³-hybridized carbons (Fsp3) is 0.346. The molecule has 2 aliphatic heterocycles. The smallest absolute Gasteiger partial charge is 0.324 e. The molecule has 6 nitrogen and oxygen atoms in total. The lowest BCUT2D eigenvalue weighted by molar-refractivity contribution is -0.149. The minimum atomic E-state index is -1.48. The molecule has 0 saturated carbocycles. The van der Waals surface area contributed by atoms with Crippen LogP contribution in [0.25, 0.3) is 6.08 Å². The first-order valence-electron chi connectivity index (χ1n) is 11.1. The number of anilines is 1. The Balaban J connectivity index is 1.79. The van der Waals surface area contributed by atoms with Gasteiger partial charge in [-0.1, -0.05) is 80.4 Å². The molecule has 0 spiro atoms. The molecule has 0 bridgehead atoms. The Bertz CT molecular complexity index is 1060.